The van der Waals surface area contributed by atoms with Crippen LogP contribution in [-0.4, -0.2) is 41.9 Å². The molecule has 0 bridgehead atoms. The normalized spacial score (nSPS) is 14.7. The molecule has 164 valence electrons. The van der Waals surface area contributed by atoms with Crippen molar-refractivity contribution in [1.29, 1.82) is 0 Å². The molecule has 0 radical (unpaired) electrons. The molecular weight excluding hydrogens is 436 g/mol. The zero-order chi connectivity index (χ0) is 22.0. The first-order valence-corrected chi connectivity index (χ1v) is 12.5. The lowest BCUT2D eigenvalue weighted by Crippen LogP contribution is -2.36. The second kappa shape index (κ2) is 8.80. The number of carbonyl (C=O) groups excluding carboxylic acids is 1. The molecular formula is C21H24N4O4S2. The number of nitrogens with one attached hydrogen (secondary N) is 1. The number of carbonyl (C=O) groups is 1. The predicted octanol–water partition coefficient (Wildman–Crippen LogP) is 2.97. The van der Waals surface area contributed by atoms with Crippen LogP contribution >= 0.6 is 11.3 Å². The Labute approximate surface area is 184 Å². The van der Waals surface area contributed by atoms with Crippen LogP contribution in [0.4, 0.5) is 5.82 Å². The van der Waals surface area contributed by atoms with Crippen molar-refractivity contribution in [3.05, 3.63) is 51.8 Å². The van der Waals surface area contributed by atoms with Crippen molar-refractivity contribution in [3.8, 4) is 0 Å². The van der Waals surface area contributed by atoms with E-state index in [0.717, 1.165) is 49.3 Å². The van der Waals surface area contributed by atoms with E-state index in [9.17, 15) is 18.0 Å². The fourth-order valence-corrected chi connectivity index (χ4v) is 5.72. The third-order valence-corrected chi connectivity index (χ3v) is 7.65. The number of fused-ring (bicyclic) bond motifs is 1. The van der Waals surface area contributed by atoms with E-state index in [0.29, 0.717) is 10.2 Å². The van der Waals surface area contributed by atoms with E-state index in [-0.39, 0.29) is 34.5 Å². The molecule has 0 spiro atoms. The van der Waals surface area contributed by atoms with E-state index in [2.05, 4.69) is 9.71 Å². The maximum Gasteiger partial charge on any atom is 0.308 e. The number of amides is 1. The number of sulfonamides is 1. The SMILES string of the molecule is Cc1ccc(NS(=O)(=O)c2ccc3c(c2)sc(=O)n3CCC(=O)N2CCCCC2)nc1. The fraction of sp³-hybridized carbons (Fsp3) is 0.381. The first-order chi connectivity index (χ1) is 14.8. The Balaban J connectivity index is 1.53. The average molecular weight is 461 g/mol. The molecule has 1 fully saturated rings. The van der Waals surface area contributed by atoms with Gasteiger partial charge in [0.25, 0.3) is 10.0 Å². The zero-order valence-electron chi connectivity index (χ0n) is 17.2. The van der Waals surface area contributed by atoms with Crippen LogP contribution in [0, 0.1) is 6.92 Å². The summed E-state index contributed by atoms with van der Waals surface area (Å²) in [5.74, 6) is 0.285. The Morgan fingerprint density at radius 2 is 1.94 bits per heavy atom. The van der Waals surface area contributed by atoms with Gasteiger partial charge in [-0.1, -0.05) is 17.4 Å². The molecule has 1 amide bonds. The minimum Gasteiger partial charge on any atom is -0.343 e. The maximum atomic E-state index is 12.7. The molecule has 1 N–H and O–H groups in total. The number of aromatic nitrogens is 2. The highest BCUT2D eigenvalue weighted by Crippen LogP contribution is 2.23. The summed E-state index contributed by atoms with van der Waals surface area (Å²) in [5, 5.41) is 0. The Kier molecular flexibility index (Phi) is 6.10. The number of anilines is 1. The van der Waals surface area contributed by atoms with Crippen molar-refractivity contribution in [3.63, 3.8) is 0 Å². The lowest BCUT2D eigenvalue weighted by Gasteiger charge is -2.26. The highest BCUT2D eigenvalue weighted by atomic mass is 32.2. The smallest absolute Gasteiger partial charge is 0.308 e. The van der Waals surface area contributed by atoms with Crippen LogP contribution in [0.2, 0.25) is 0 Å². The molecule has 10 heteroatoms. The molecule has 1 aliphatic heterocycles. The van der Waals surface area contributed by atoms with Gasteiger partial charge < -0.3 is 4.90 Å². The molecule has 1 aromatic carbocycles. The molecule has 8 nitrogen and oxygen atoms in total. The van der Waals surface area contributed by atoms with Crippen LogP contribution in [0.5, 0.6) is 0 Å². The van der Waals surface area contributed by atoms with Crippen molar-refractivity contribution < 1.29 is 13.2 Å². The summed E-state index contributed by atoms with van der Waals surface area (Å²) in [4.78, 5) is 30.7. The first-order valence-electron chi connectivity index (χ1n) is 10.2. The molecule has 0 aliphatic carbocycles. The standard InChI is InChI=1S/C21H24N4O4S2/c1-15-5-8-19(22-14-15)23-31(28,29)16-6-7-17-18(13-16)30-21(27)25(17)12-9-20(26)24-10-3-2-4-11-24/h5-8,13-14H,2-4,9-12H2,1H3,(H,22,23). The molecule has 3 aromatic rings. The molecule has 0 saturated carbocycles. The quantitative estimate of drug-likeness (QED) is 0.609. The van der Waals surface area contributed by atoms with Gasteiger partial charge in [0.05, 0.1) is 15.1 Å². The minimum atomic E-state index is -3.84. The first kappa shape index (κ1) is 21.5. The molecule has 0 unspecified atom stereocenters. The summed E-state index contributed by atoms with van der Waals surface area (Å²) in [7, 11) is -3.84. The number of piperidine rings is 1. The number of hydrogen-bond acceptors (Lipinski definition) is 6. The number of pyridine rings is 1. The molecule has 3 heterocycles. The van der Waals surface area contributed by atoms with Gasteiger partial charge in [-0.3, -0.25) is 18.9 Å². The summed E-state index contributed by atoms with van der Waals surface area (Å²) < 4.78 is 30.0. The Hall–Kier alpha value is -2.72. The van der Waals surface area contributed by atoms with E-state index >= 15 is 0 Å². The lowest BCUT2D eigenvalue weighted by atomic mass is 10.1. The molecule has 4 rings (SSSR count). The monoisotopic (exact) mass is 460 g/mol. The highest BCUT2D eigenvalue weighted by Gasteiger charge is 2.19. The second-order valence-corrected chi connectivity index (χ2v) is 10.3. The summed E-state index contributed by atoms with van der Waals surface area (Å²) >= 11 is 0.979. The lowest BCUT2D eigenvalue weighted by molar-refractivity contribution is -0.132. The van der Waals surface area contributed by atoms with Crippen LogP contribution in [0.1, 0.15) is 31.2 Å². The number of aryl methyl sites for hydroxylation is 2. The van der Waals surface area contributed by atoms with E-state index in [4.69, 9.17) is 0 Å². The fourth-order valence-electron chi connectivity index (χ4n) is 3.66. The maximum absolute atomic E-state index is 12.7. The number of hydrogen-bond donors (Lipinski definition) is 1. The molecule has 2 aromatic heterocycles. The number of rotatable bonds is 6. The van der Waals surface area contributed by atoms with Crippen molar-refractivity contribution in [2.45, 2.75) is 44.0 Å². The molecule has 1 saturated heterocycles. The van der Waals surface area contributed by atoms with Gasteiger partial charge in [0, 0.05) is 32.3 Å². The molecule has 1 aliphatic rings. The third kappa shape index (κ3) is 4.80. The van der Waals surface area contributed by atoms with Gasteiger partial charge in [-0.15, -0.1) is 0 Å². The molecule has 31 heavy (non-hydrogen) atoms. The molecule has 0 atom stereocenters. The highest BCUT2D eigenvalue weighted by molar-refractivity contribution is 7.92. The van der Waals surface area contributed by atoms with Gasteiger partial charge >= 0.3 is 4.87 Å². The summed E-state index contributed by atoms with van der Waals surface area (Å²) in [5.41, 5.74) is 1.56. The zero-order valence-corrected chi connectivity index (χ0v) is 18.8. The Morgan fingerprint density at radius 1 is 1.16 bits per heavy atom. The topological polar surface area (TPSA) is 101 Å². The predicted molar refractivity (Wildman–Crippen MR) is 121 cm³/mol. The summed E-state index contributed by atoms with van der Waals surface area (Å²) in [6, 6.07) is 7.94. The van der Waals surface area contributed by atoms with E-state index in [1.165, 1.54) is 12.1 Å². The van der Waals surface area contributed by atoms with E-state index < -0.39 is 10.0 Å². The number of thiazole rings is 1. The minimum absolute atomic E-state index is 0.0555. The summed E-state index contributed by atoms with van der Waals surface area (Å²) in [6.45, 7) is 3.71. The van der Waals surface area contributed by atoms with Crippen molar-refractivity contribution in [1.82, 2.24) is 14.5 Å². The van der Waals surface area contributed by atoms with Crippen molar-refractivity contribution in [2.75, 3.05) is 17.8 Å². The Bertz CT molecular complexity index is 1260. The second-order valence-electron chi connectivity index (χ2n) is 7.67. The van der Waals surface area contributed by atoms with Crippen LogP contribution < -0.4 is 9.60 Å². The Morgan fingerprint density at radius 3 is 2.65 bits per heavy atom. The van der Waals surface area contributed by atoms with E-state index in [1.807, 2.05) is 11.8 Å². The van der Waals surface area contributed by atoms with Crippen molar-refractivity contribution >= 4 is 43.3 Å². The van der Waals surface area contributed by atoms with Gasteiger partial charge in [0.2, 0.25) is 5.91 Å². The summed E-state index contributed by atoms with van der Waals surface area (Å²) in [6.07, 6.45) is 5.04. The van der Waals surface area contributed by atoms with Gasteiger partial charge in [0.1, 0.15) is 5.82 Å². The van der Waals surface area contributed by atoms with Gasteiger partial charge in [-0.2, -0.15) is 0 Å². The van der Waals surface area contributed by atoms with Gasteiger partial charge in [0.15, 0.2) is 0 Å². The van der Waals surface area contributed by atoms with Gasteiger partial charge in [-0.05, 0) is 56.0 Å². The van der Waals surface area contributed by atoms with Crippen molar-refractivity contribution in [2.24, 2.45) is 0 Å². The van der Waals surface area contributed by atoms with Crippen LogP contribution in [0.3, 0.4) is 0 Å². The number of benzene rings is 1. The van der Waals surface area contributed by atoms with Crippen LogP contribution in [0.15, 0.2) is 46.2 Å². The number of nitrogens with zero attached hydrogens (tertiary/aromatic N) is 3. The third-order valence-electron chi connectivity index (χ3n) is 5.36. The van der Waals surface area contributed by atoms with Gasteiger partial charge in [-0.25, -0.2) is 13.4 Å². The largest absolute Gasteiger partial charge is 0.343 e. The number of likely N-dealkylation sites (tertiary alicyclic amines) is 1. The van der Waals surface area contributed by atoms with Crippen LogP contribution in [0.25, 0.3) is 10.2 Å². The van der Waals surface area contributed by atoms with E-state index in [1.54, 1.807) is 29.0 Å². The average Bonchev–Trinajstić information content (AvgIpc) is 3.08. The van der Waals surface area contributed by atoms with Crippen LogP contribution in [-0.2, 0) is 21.4 Å².